The predicted octanol–water partition coefficient (Wildman–Crippen LogP) is 2.76. The molecule has 7 nitrogen and oxygen atoms in total. The first-order valence-corrected chi connectivity index (χ1v) is 12.2. The first-order chi connectivity index (χ1) is 15.9. The van der Waals surface area contributed by atoms with Crippen LogP contribution < -0.4 is 10.1 Å². The zero-order valence-corrected chi connectivity index (χ0v) is 20.0. The topological polar surface area (TPSA) is 99.1 Å². The molecule has 2 amide bonds. The van der Waals surface area contributed by atoms with E-state index in [9.17, 15) is 19.8 Å². The van der Waals surface area contributed by atoms with Crippen molar-refractivity contribution in [2.24, 2.45) is 5.92 Å². The van der Waals surface area contributed by atoms with E-state index in [1.807, 2.05) is 38.1 Å². The number of carbonyl (C=O) groups is 2. The molecule has 1 aliphatic carbocycles. The Labute approximate surface area is 196 Å². The number of fused-ring (bicyclic) bond motifs is 3. The number of hydrogen-bond acceptors (Lipinski definition) is 5. The van der Waals surface area contributed by atoms with E-state index in [-0.39, 0.29) is 30.9 Å². The molecule has 2 aliphatic rings. The summed E-state index contributed by atoms with van der Waals surface area (Å²) < 4.78 is 6.13. The Balaban J connectivity index is 1.97. The van der Waals surface area contributed by atoms with Gasteiger partial charge < -0.3 is 25.2 Å². The second-order valence-electron chi connectivity index (χ2n) is 9.43. The van der Waals surface area contributed by atoms with Gasteiger partial charge in [-0.3, -0.25) is 9.59 Å². The van der Waals surface area contributed by atoms with Gasteiger partial charge in [-0.2, -0.15) is 0 Å². The number of amides is 2. The van der Waals surface area contributed by atoms with E-state index >= 15 is 0 Å². The van der Waals surface area contributed by atoms with E-state index in [1.165, 1.54) is 0 Å². The van der Waals surface area contributed by atoms with E-state index in [4.69, 9.17) is 4.74 Å². The lowest BCUT2D eigenvalue weighted by Gasteiger charge is -2.41. The number of nitrogens with one attached hydrogen (secondary N) is 1. The highest BCUT2D eigenvalue weighted by atomic mass is 16.5. The molecule has 1 aliphatic heterocycles. The maximum Gasteiger partial charge on any atom is 0.247 e. The summed E-state index contributed by atoms with van der Waals surface area (Å²) in [4.78, 5) is 28.1. The molecule has 3 rings (SSSR count). The SMILES string of the molecule is CCCCCCN(C(=O)CC(C)C)[C@@H]1C=C(C(=O)NCCO)[C@@H]2c3ccccc3O[C@@H]2[C@H]1O. The van der Waals surface area contributed by atoms with Gasteiger partial charge in [0.1, 0.15) is 18.0 Å². The Hall–Kier alpha value is -2.38. The van der Waals surface area contributed by atoms with Gasteiger partial charge in [0.05, 0.1) is 18.6 Å². The summed E-state index contributed by atoms with van der Waals surface area (Å²) in [6.07, 6.45) is 4.55. The van der Waals surface area contributed by atoms with E-state index in [0.29, 0.717) is 24.3 Å². The van der Waals surface area contributed by atoms with E-state index in [0.717, 1.165) is 31.2 Å². The Morgan fingerprint density at radius 3 is 2.64 bits per heavy atom. The molecule has 0 bridgehead atoms. The molecule has 0 aromatic heterocycles. The molecule has 0 fully saturated rings. The summed E-state index contributed by atoms with van der Waals surface area (Å²) in [5.41, 5.74) is 1.33. The molecule has 1 aromatic carbocycles. The minimum atomic E-state index is -0.959. The average Bonchev–Trinajstić information content (AvgIpc) is 3.18. The van der Waals surface area contributed by atoms with Crippen LogP contribution in [0.5, 0.6) is 5.75 Å². The maximum absolute atomic E-state index is 13.2. The molecule has 3 N–H and O–H groups in total. The lowest BCUT2D eigenvalue weighted by atomic mass is 9.77. The average molecular weight is 459 g/mol. The van der Waals surface area contributed by atoms with Crippen molar-refractivity contribution in [3.05, 3.63) is 41.5 Å². The molecule has 182 valence electrons. The number of unbranched alkanes of at least 4 members (excludes halogenated alkanes) is 3. The van der Waals surface area contributed by atoms with Crippen molar-refractivity contribution in [2.45, 2.75) is 77.0 Å². The molecule has 0 radical (unpaired) electrons. The van der Waals surface area contributed by atoms with Crippen molar-refractivity contribution in [2.75, 3.05) is 19.7 Å². The predicted molar refractivity (Wildman–Crippen MR) is 127 cm³/mol. The third kappa shape index (κ3) is 5.76. The summed E-state index contributed by atoms with van der Waals surface area (Å²) in [5.74, 6) is 0.0844. The molecule has 1 heterocycles. The molecule has 4 atom stereocenters. The second-order valence-corrected chi connectivity index (χ2v) is 9.43. The summed E-state index contributed by atoms with van der Waals surface area (Å²) in [5, 5.41) is 23.3. The van der Waals surface area contributed by atoms with Gasteiger partial charge in [0.25, 0.3) is 0 Å². The standard InChI is InChI=1S/C26H38N2O5/c1-4-5-6-9-13-28(22(30)15-17(2)3)20-16-19(26(32)27-12-14-29)23-18-10-7-8-11-21(18)33-25(23)24(20)31/h7-8,10-11,16-17,20,23-25,29,31H,4-6,9,12-15H2,1-3H3,(H,27,32)/t20-,23+,24+,25+/m1/s1. The fourth-order valence-electron chi connectivity index (χ4n) is 4.81. The van der Waals surface area contributed by atoms with Crippen LogP contribution in [0, 0.1) is 5.92 Å². The van der Waals surface area contributed by atoms with Gasteiger partial charge in [0.15, 0.2) is 0 Å². The van der Waals surface area contributed by atoms with Crippen LogP contribution in [-0.2, 0) is 9.59 Å². The number of benzene rings is 1. The number of aliphatic hydroxyl groups is 2. The third-order valence-corrected chi connectivity index (χ3v) is 6.39. The smallest absolute Gasteiger partial charge is 0.247 e. The van der Waals surface area contributed by atoms with E-state index in [1.54, 1.807) is 11.0 Å². The highest BCUT2D eigenvalue weighted by molar-refractivity contribution is 5.96. The molecule has 0 saturated heterocycles. The number of rotatable bonds is 11. The quantitative estimate of drug-likeness (QED) is 0.443. The Morgan fingerprint density at radius 1 is 1.18 bits per heavy atom. The van der Waals surface area contributed by atoms with E-state index < -0.39 is 24.2 Å². The molecule has 0 saturated carbocycles. The van der Waals surface area contributed by atoms with Gasteiger partial charge >= 0.3 is 0 Å². The Kier molecular flexibility index (Phi) is 8.92. The fraction of sp³-hybridized carbons (Fsp3) is 0.615. The van der Waals surface area contributed by atoms with Gasteiger partial charge in [-0.25, -0.2) is 0 Å². The molecule has 1 aromatic rings. The highest BCUT2D eigenvalue weighted by Gasteiger charge is 2.50. The molecule has 33 heavy (non-hydrogen) atoms. The highest BCUT2D eigenvalue weighted by Crippen LogP contribution is 2.47. The van der Waals surface area contributed by atoms with Crippen LogP contribution in [0.1, 0.15) is 64.4 Å². The number of carbonyl (C=O) groups excluding carboxylic acids is 2. The van der Waals surface area contributed by atoms with Gasteiger partial charge in [-0.05, 0) is 24.5 Å². The maximum atomic E-state index is 13.2. The number of hydrogen-bond donors (Lipinski definition) is 3. The van der Waals surface area contributed by atoms with Crippen LogP contribution in [0.15, 0.2) is 35.9 Å². The van der Waals surface area contributed by atoms with Crippen LogP contribution >= 0.6 is 0 Å². The van der Waals surface area contributed by atoms with Crippen LogP contribution in [0.4, 0.5) is 0 Å². The number of para-hydroxylation sites is 1. The summed E-state index contributed by atoms with van der Waals surface area (Å²) in [7, 11) is 0. The Bertz CT molecular complexity index is 853. The molecule has 0 spiro atoms. The monoisotopic (exact) mass is 458 g/mol. The number of ether oxygens (including phenoxy) is 1. The van der Waals surface area contributed by atoms with Crippen LogP contribution in [0.2, 0.25) is 0 Å². The molecule has 0 unspecified atom stereocenters. The van der Waals surface area contributed by atoms with E-state index in [2.05, 4.69) is 12.2 Å². The second kappa shape index (κ2) is 11.7. The fourth-order valence-corrected chi connectivity index (χ4v) is 4.81. The zero-order valence-electron chi connectivity index (χ0n) is 20.0. The van der Waals surface area contributed by atoms with Crippen molar-refractivity contribution in [3.63, 3.8) is 0 Å². The Morgan fingerprint density at radius 2 is 1.94 bits per heavy atom. The summed E-state index contributed by atoms with van der Waals surface area (Å²) in [6, 6.07) is 6.85. The van der Waals surface area contributed by atoms with Gasteiger partial charge in [-0.15, -0.1) is 0 Å². The lowest BCUT2D eigenvalue weighted by Crippen LogP contribution is -2.56. The van der Waals surface area contributed by atoms with Crippen LogP contribution in [0.3, 0.4) is 0 Å². The van der Waals surface area contributed by atoms with Gasteiger partial charge in [0.2, 0.25) is 11.8 Å². The molecular formula is C26H38N2O5. The number of nitrogens with zero attached hydrogens (tertiary/aromatic N) is 1. The zero-order chi connectivity index (χ0) is 24.0. The number of aliphatic hydroxyl groups excluding tert-OH is 2. The van der Waals surface area contributed by atoms with Gasteiger partial charge in [-0.1, -0.05) is 58.2 Å². The van der Waals surface area contributed by atoms with Gasteiger partial charge in [0, 0.05) is 30.6 Å². The van der Waals surface area contributed by atoms with Crippen molar-refractivity contribution < 1.29 is 24.5 Å². The summed E-state index contributed by atoms with van der Waals surface area (Å²) in [6.45, 7) is 6.64. The van der Waals surface area contributed by atoms with Crippen molar-refractivity contribution in [1.29, 1.82) is 0 Å². The first-order valence-electron chi connectivity index (χ1n) is 12.2. The minimum absolute atomic E-state index is 0.0223. The van der Waals surface area contributed by atoms with Crippen molar-refractivity contribution in [1.82, 2.24) is 10.2 Å². The molecular weight excluding hydrogens is 420 g/mol. The largest absolute Gasteiger partial charge is 0.486 e. The minimum Gasteiger partial charge on any atom is -0.486 e. The lowest BCUT2D eigenvalue weighted by molar-refractivity contribution is -0.138. The van der Waals surface area contributed by atoms with Crippen molar-refractivity contribution in [3.8, 4) is 5.75 Å². The van der Waals surface area contributed by atoms with Crippen LogP contribution in [-0.4, -0.2) is 64.9 Å². The summed E-state index contributed by atoms with van der Waals surface area (Å²) >= 11 is 0. The van der Waals surface area contributed by atoms with Crippen molar-refractivity contribution >= 4 is 11.8 Å². The van der Waals surface area contributed by atoms with Crippen LogP contribution in [0.25, 0.3) is 0 Å². The molecule has 7 heteroatoms. The first kappa shape index (κ1) is 25.2. The third-order valence-electron chi connectivity index (χ3n) is 6.39. The normalized spacial score (nSPS) is 23.4.